The van der Waals surface area contributed by atoms with Crippen LogP contribution in [0.4, 0.5) is 0 Å². The lowest BCUT2D eigenvalue weighted by molar-refractivity contribution is -0.130. The molecular weight excluding hydrogens is 504 g/mol. The minimum Gasteiger partial charge on any atom is -0.295 e. The first kappa shape index (κ1) is 26.8. The summed E-state index contributed by atoms with van der Waals surface area (Å²) >= 11 is 0. The molecule has 0 saturated heterocycles. The van der Waals surface area contributed by atoms with Gasteiger partial charge in [-0.25, -0.2) is 0 Å². The minimum absolute atomic E-state index is 0.161. The van der Waals surface area contributed by atoms with Crippen molar-refractivity contribution in [3.05, 3.63) is 34.4 Å². The zero-order chi connectivity index (χ0) is 28.5. The molecule has 10 atom stereocenters. The number of hydrogen-bond donors (Lipinski definition) is 0. The second-order valence-electron chi connectivity index (χ2n) is 16.9. The van der Waals surface area contributed by atoms with Crippen LogP contribution in [0, 0.1) is 57.2 Å². The molecule has 0 amide bonds. The third-order valence-electron chi connectivity index (χ3n) is 15.7. The molecule has 0 aliphatic heterocycles. The summed E-state index contributed by atoms with van der Waals surface area (Å²) in [5.41, 5.74) is 6.09. The molecule has 6 fully saturated rings. The van der Waals surface area contributed by atoms with Crippen molar-refractivity contribution < 1.29 is 14.4 Å². The lowest BCUT2D eigenvalue weighted by atomic mass is 9.47. The van der Waals surface area contributed by atoms with Crippen molar-refractivity contribution in [1.29, 1.82) is 0 Å². The van der Waals surface area contributed by atoms with Crippen LogP contribution in [0.3, 0.4) is 0 Å². The van der Waals surface area contributed by atoms with Crippen LogP contribution in [-0.4, -0.2) is 17.3 Å². The smallest absolute Gasteiger partial charge is 0.164 e. The fraction of sp³-hybridized carbons (Fsp3) is 0.763. The number of hydrogen-bond acceptors (Lipinski definition) is 3. The molecule has 8 aliphatic rings. The molecule has 0 aromatic rings. The molecule has 0 aromatic carbocycles. The maximum Gasteiger partial charge on any atom is 0.164 e. The summed E-state index contributed by atoms with van der Waals surface area (Å²) in [6, 6.07) is 0. The zero-order valence-electron chi connectivity index (χ0n) is 26.0. The predicted octanol–water partition coefficient (Wildman–Crippen LogP) is 8.53. The Balaban J connectivity index is 1.11. The summed E-state index contributed by atoms with van der Waals surface area (Å²) in [4.78, 5) is 39.1. The molecule has 0 bridgehead atoms. The van der Waals surface area contributed by atoms with Crippen LogP contribution in [-0.2, 0) is 14.4 Å². The highest BCUT2D eigenvalue weighted by Gasteiger charge is 2.63. The number of allylic oxidation sites excluding steroid dienone is 4. The molecule has 8 rings (SSSR count). The van der Waals surface area contributed by atoms with E-state index in [1.807, 2.05) is 12.2 Å². The first-order valence-electron chi connectivity index (χ1n) is 17.2. The lowest BCUT2D eigenvalue weighted by Crippen LogP contribution is -2.50. The van der Waals surface area contributed by atoms with E-state index in [9.17, 15) is 14.4 Å². The maximum absolute atomic E-state index is 14.5. The summed E-state index contributed by atoms with van der Waals surface area (Å²) in [5.74, 6) is 5.04. The Kier molecular flexibility index (Phi) is 5.67. The van der Waals surface area contributed by atoms with Crippen molar-refractivity contribution in [2.75, 3.05) is 0 Å². The van der Waals surface area contributed by atoms with Gasteiger partial charge in [0.05, 0.1) is 0 Å². The fourth-order valence-electron chi connectivity index (χ4n) is 13.3. The first-order valence-corrected chi connectivity index (χ1v) is 17.2. The van der Waals surface area contributed by atoms with Crippen LogP contribution in [0.25, 0.3) is 0 Å². The highest BCUT2D eigenvalue weighted by molar-refractivity contribution is 6.03. The van der Waals surface area contributed by atoms with Crippen molar-refractivity contribution in [1.82, 2.24) is 0 Å². The van der Waals surface area contributed by atoms with Crippen LogP contribution >= 0.6 is 0 Å². The number of carbonyl (C=O) groups excluding carboxylic acids is 3. The molecule has 3 nitrogen and oxygen atoms in total. The van der Waals surface area contributed by atoms with E-state index >= 15 is 0 Å². The number of ketones is 3. The quantitative estimate of drug-likeness (QED) is 0.282. The largest absolute Gasteiger partial charge is 0.295 e. The average Bonchev–Trinajstić information content (AvgIpc) is 3.42. The van der Waals surface area contributed by atoms with Crippen molar-refractivity contribution >= 4 is 17.3 Å². The molecular formula is C38H50O3. The van der Waals surface area contributed by atoms with E-state index in [1.54, 1.807) is 5.57 Å². The normalized spacial score (nSPS) is 52.4. The van der Waals surface area contributed by atoms with Crippen molar-refractivity contribution in [2.45, 2.75) is 124 Å². The number of carbonyl (C=O) groups is 3. The van der Waals surface area contributed by atoms with E-state index < -0.39 is 0 Å². The van der Waals surface area contributed by atoms with Gasteiger partial charge in [0.25, 0.3) is 0 Å². The van der Waals surface area contributed by atoms with Crippen LogP contribution < -0.4 is 0 Å². The van der Waals surface area contributed by atoms with E-state index in [-0.39, 0.29) is 21.7 Å². The molecule has 3 heteroatoms. The molecule has 0 radical (unpaired) electrons. The summed E-state index contributed by atoms with van der Waals surface area (Å²) < 4.78 is 0. The van der Waals surface area contributed by atoms with Gasteiger partial charge >= 0.3 is 0 Å². The van der Waals surface area contributed by atoms with Crippen molar-refractivity contribution in [2.24, 2.45) is 57.2 Å². The Morgan fingerprint density at radius 3 is 1.63 bits per heavy atom. The van der Waals surface area contributed by atoms with Crippen molar-refractivity contribution in [3.8, 4) is 0 Å². The Labute approximate surface area is 247 Å². The highest BCUT2D eigenvalue weighted by atomic mass is 16.1. The van der Waals surface area contributed by atoms with Gasteiger partial charge in [0.1, 0.15) is 0 Å². The molecule has 0 unspecified atom stereocenters. The lowest BCUT2D eigenvalue weighted by Gasteiger charge is -2.57. The predicted molar refractivity (Wildman–Crippen MR) is 161 cm³/mol. The average molecular weight is 555 g/mol. The third-order valence-corrected chi connectivity index (χ3v) is 15.7. The molecule has 0 aromatic heterocycles. The zero-order valence-corrected chi connectivity index (χ0v) is 26.0. The number of fused-ring (bicyclic) bond motifs is 10. The molecule has 41 heavy (non-hydrogen) atoms. The topological polar surface area (TPSA) is 51.2 Å². The summed E-state index contributed by atoms with van der Waals surface area (Å²) in [7, 11) is 0. The van der Waals surface area contributed by atoms with E-state index in [1.165, 1.54) is 42.4 Å². The van der Waals surface area contributed by atoms with Crippen LogP contribution in [0.15, 0.2) is 34.4 Å². The maximum atomic E-state index is 14.5. The van der Waals surface area contributed by atoms with Crippen LogP contribution in [0.1, 0.15) is 124 Å². The van der Waals surface area contributed by atoms with Gasteiger partial charge in [-0.2, -0.15) is 0 Å². The second kappa shape index (κ2) is 8.66. The van der Waals surface area contributed by atoms with Crippen LogP contribution in [0.5, 0.6) is 0 Å². The number of rotatable bonds is 0. The molecule has 0 heterocycles. The van der Waals surface area contributed by atoms with E-state index in [0.29, 0.717) is 53.4 Å². The van der Waals surface area contributed by atoms with Crippen LogP contribution in [0.2, 0.25) is 0 Å². The van der Waals surface area contributed by atoms with Gasteiger partial charge in [0.15, 0.2) is 17.3 Å². The molecule has 220 valence electrons. The SMILES string of the molecule is C[C@]12CCC(=O)C=C1CC[C@@H]1[C@@H]2CC[C@]2(C)C(=O)C(=C3CC[C@H]4[C@@H]5CCC6=CC(=O)CC[C@]6(C)[C@H]5CC[C@]34C)C[C@@H]12. The van der Waals surface area contributed by atoms with Crippen molar-refractivity contribution in [3.63, 3.8) is 0 Å². The van der Waals surface area contributed by atoms with E-state index in [0.717, 1.165) is 70.1 Å². The first-order chi connectivity index (χ1) is 19.5. The van der Waals surface area contributed by atoms with Gasteiger partial charge in [0, 0.05) is 18.3 Å². The Morgan fingerprint density at radius 1 is 0.537 bits per heavy atom. The minimum atomic E-state index is -0.191. The van der Waals surface area contributed by atoms with Gasteiger partial charge in [-0.15, -0.1) is 0 Å². The molecule has 0 N–H and O–H groups in total. The van der Waals surface area contributed by atoms with E-state index in [4.69, 9.17) is 0 Å². The molecule has 8 aliphatic carbocycles. The monoisotopic (exact) mass is 554 g/mol. The van der Waals surface area contributed by atoms with Gasteiger partial charge in [-0.1, -0.05) is 44.4 Å². The second-order valence-corrected chi connectivity index (χ2v) is 16.9. The van der Waals surface area contributed by atoms with Gasteiger partial charge in [-0.05, 0) is 153 Å². The van der Waals surface area contributed by atoms with E-state index in [2.05, 4.69) is 27.7 Å². The Hall–Kier alpha value is -1.77. The highest BCUT2D eigenvalue weighted by Crippen LogP contribution is 2.70. The fourth-order valence-corrected chi connectivity index (χ4v) is 13.3. The van der Waals surface area contributed by atoms with Gasteiger partial charge in [-0.3, -0.25) is 14.4 Å². The Morgan fingerprint density at radius 2 is 1.05 bits per heavy atom. The Bertz CT molecular complexity index is 1340. The van der Waals surface area contributed by atoms with Gasteiger partial charge < -0.3 is 0 Å². The third kappa shape index (κ3) is 3.41. The number of Topliss-reactive ketones (excluding diaryl/α,β-unsaturated/α-hetero) is 1. The summed E-state index contributed by atoms with van der Waals surface area (Å²) in [5, 5.41) is 0. The van der Waals surface area contributed by atoms with Gasteiger partial charge in [0.2, 0.25) is 0 Å². The molecule has 6 saturated carbocycles. The summed E-state index contributed by atoms with van der Waals surface area (Å²) in [6.45, 7) is 9.83. The standard InChI is InChI=1S/C38H50O3/c1-35-15-11-24(39)19-22(35)5-7-26-29-9-10-30(37(29,3)17-13-31(26)35)28-21-33-27-8-6-23-20-25(40)12-16-36(23,2)32(27)14-18-38(33,4)34(28)41/h19-20,26-27,29,31-33H,5-18,21H2,1-4H3/t26-,27+,29-,31-,32-,33-,35-,36-,37-,38-/m0/s1. The summed E-state index contributed by atoms with van der Waals surface area (Å²) in [6.07, 6.45) is 20.1. The molecule has 0 spiro atoms.